The lowest BCUT2D eigenvalue weighted by Gasteiger charge is -2.24. The minimum Gasteiger partial charge on any atom is -0.495 e. The number of benzene rings is 3. The molecule has 40 heavy (non-hydrogen) atoms. The summed E-state index contributed by atoms with van der Waals surface area (Å²) in [5.74, 6) is -1.05. The fourth-order valence-corrected chi connectivity index (χ4v) is 5.86. The average Bonchev–Trinajstić information content (AvgIpc) is 3.41. The highest BCUT2D eigenvalue weighted by molar-refractivity contribution is 6.29. The Morgan fingerprint density at radius 2 is 1.80 bits per heavy atom. The zero-order valence-corrected chi connectivity index (χ0v) is 22.6. The van der Waals surface area contributed by atoms with Gasteiger partial charge in [-0.25, -0.2) is 4.39 Å². The van der Waals surface area contributed by atoms with Crippen molar-refractivity contribution < 1.29 is 18.7 Å². The largest absolute Gasteiger partial charge is 0.495 e. The monoisotopic (exact) mass is 536 g/mol. The number of carbonyl (C=O) groups is 2. The van der Waals surface area contributed by atoms with Crippen molar-refractivity contribution in [1.29, 1.82) is 0 Å². The number of amides is 1. The first-order valence-electron chi connectivity index (χ1n) is 13.3. The van der Waals surface area contributed by atoms with E-state index in [0.717, 1.165) is 41.2 Å². The number of hydrogen-bond donors (Lipinski definition) is 1. The molecule has 3 aromatic carbocycles. The zero-order valence-electron chi connectivity index (χ0n) is 22.6. The van der Waals surface area contributed by atoms with E-state index in [-0.39, 0.29) is 11.4 Å². The molecule has 1 amide bonds. The van der Waals surface area contributed by atoms with Gasteiger partial charge in [0.25, 0.3) is 0 Å². The van der Waals surface area contributed by atoms with E-state index in [4.69, 9.17) is 10.5 Å². The van der Waals surface area contributed by atoms with Crippen molar-refractivity contribution in [2.45, 2.75) is 38.6 Å². The molecule has 0 radical (unpaired) electrons. The maximum absolute atomic E-state index is 14.4. The van der Waals surface area contributed by atoms with Gasteiger partial charge in [0.15, 0.2) is 0 Å². The number of nitrogen functional groups attached to an aromatic ring is 1. The average molecular weight is 537 g/mol. The second kappa shape index (κ2) is 9.48. The van der Waals surface area contributed by atoms with E-state index in [1.807, 2.05) is 18.2 Å². The fourth-order valence-electron chi connectivity index (χ4n) is 5.86. The molecule has 2 N–H and O–H groups in total. The predicted molar refractivity (Wildman–Crippen MR) is 155 cm³/mol. The Bertz CT molecular complexity index is 1810. The number of para-hydroxylation sites is 1. The van der Waals surface area contributed by atoms with E-state index in [1.54, 1.807) is 31.3 Å². The molecule has 0 unspecified atom stereocenters. The molecule has 0 fully saturated rings. The van der Waals surface area contributed by atoms with Gasteiger partial charge >= 0.3 is 0 Å². The van der Waals surface area contributed by atoms with Gasteiger partial charge in [0, 0.05) is 34.1 Å². The number of methoxy groups -OCH3 is 1. The van der Waals surface area contributed by atoms with Crippen LogP contribution in [0.1, 0.15) is 42.7 Å². The van der Waals surface area contributed by atoms with Crippen molar-refractivity contribution in [1.82, 2.24) is 9.55 Å². The molecular formula is C32H29FN4O3. The summed E-state index contributed by atoms with van der Waals surface area (Å²) < 4.78 is 21.4. The van der Waals surface area contributed by atoms with Gasteiger partial charge in [-0.05, 0) is 61.9 Å². The third-order valence-electron chi connectivity index (χ3n) is 7.94. The second-order valence-electron chi connectivity index (χ2n) is 10.3. The SMILES string of the molecule is CCCCn1c2ccccc2c2cc(C(=O)[C@@]3(C)C(=O)N(c4ccc(F)cc4)c4ccc(OC)c(N)c43)ncc21. The van der Waals surface area contributed by atoms with E-state index >= 15 is 0 Å². The van der Waals surface area contributed by atoms with Crippen molar-refractivity contribution in [3.63, 3.8) is 0 Å². The summed E-state index contributed by atoms with van der Waals surface area (Å²) in [7, 11) is 1.48. The summed E-state index contributed by atoms with van der Waals surface area (Å²) in [5, 5.41) is 1.91. The van der Waals surface area contributed by atoms with Crippen LogP contribution in [0.15, 0.2) is 72.9 Å². The van der Waals surface area contributed by atoms with Crippen molar-refractivity contribution in [2.75, 3.05) is 17.7 Å². The first-order valence-corrected chi connectivity index (χ1v) is 13.3. The number of carbonyl (C=O) groups excluding carboxylic acids is 2. The van der Waals surface area contributed by atoms with Crippen LogP contribution < -0.4 is 15.4 Å². The van der Waals surface area contributed by atoms with Gasteiger partial charge in [-0.2, -0.15) is 0 Å². The molecule has 0 bridgehead atoms. The molecule has 3 heterocycles. The molecule has 5 aromatic rings. The van der Waals surface area contributed by atoms with E-state index < -0.39 is 22.9 Å². The van der Waals surface area contributed by atoms with Gasteiger partial charge in [-0.1, -0.05) is 31.5 Å². The maximum atomic E-state index is 14.4. The summed E-state index contributed by atoms with van der Waals surface area (Å²) in [5.41, 5.74) is 8.44. The van der Waals surface area contributed by atoms with E-state index in [2.05, 4.69) is 22.5 Å². The number of Topliss-reactive ketones (excluding diaryl/α,β-unsaturated/α-hetero) is 1. The summed E-state index contributed by atoms with van der Waals surface area (Å²) in [6.45, 7) is 4.56. The van der Waals surface area contributed by atoms with Gasteiger partial charge in [-0.15, -0.1) is 0 Å². The first kappa shape index (κ1) is 25.6. The lowest BCUT2D eigenvalue weighted by atomic mass is 9.77. The number of aryl methyl sites for hydroxylation is 1. The van der Waals surface area contributed by atoms with Crippen molar-refractivity contribution in [2.24, 2.45) is 0 Å². The number of anilines is 3. The van der Waals surface area contributed by atoms with E-state index in [9.17, 15) is 14.0 Å². The Balaban J connectivity index is 1.54. The zero-order chi connectivity index (χ0) is 28.2. The number of pyridine rings is 1. The first-order chi connectivity index (χ1) is 19.3. The number of unbranched alkanes of at least 4 members (excludes halogenated alkanes) is 1. The number of halogens is 1. The van der Waals surface area contributed by atoms with Gasteiger partial charge in [0.1, 0.15) is 22.7 Å². The van der Waals surface area contributed by atoms with Crippen LogP contribution >= 0.6 is 0 Å². The number of fused-ring (bicyclic) bond motifs is 4. The molecule has 0 spiro atoms. The van der Waals surface area contributed by atoms with Crippen LogP contribution in [0.2, 0.25) is 0 Å². The highest BCUT2D eigenvalue weighted by atomic mass is 19.1. The molecule has 6 rings (SSSR count). The molecule has 2 aromatic heterocycles. The molecule has 202 valence electrons. The van der Waals surface area contributed by atoms with Crippen LogP contribution in [0, 0.1) is 5.82 Å². The highest BCUT2D eigenvalue weighted by Gasteiger charge is 2.55. The number of hydrogen-bond acceptors (Lipinski definition) is 5. The molecule has 0 saturated heterocycles. The Kier molecular flexibility index (Phi) is 6.06. The number of ether oxygens (including phenoxy) is 1. The van der Waals surface area contributed by atoms with Crippen LogP contribution in [-0.2, 0) is 16.8 Å². The fraction of sp³-hybridized carbons (Fsp3) is 0.219. The van der Waals surface area contributed by atoms with Crippen LogP contribution in [0.25, 0.3) is 21.8 Å². The normalized spacial score (nSPS) is 16.6. The summed E-state index contributed by atoms with van der Waals surface area (Å²) in [6.07, 6.45) is 3.78. The van der Waals surface area contributed by atoms with Crippen molar-refractivity contribution in [3.05, 3.63) is 90.0 Å². The standard InChI is InChI=1S/C32H29FN4O3/c1-4-5-16-36-24-9-7-6-8-21(24)22-17-23(35-18-26(22)36)30(38)32(2)28-25(14-15-27(40-3)29(28)34)37(31(32)39)20-12-10-19(33)11-13-20/h6-15,17-18H,4-5,16,34H2,1-3H3/t32-/m0/s1. The summed E-state index contributed by atoms with van der Waals surface area (Å²) in [4.78, 5) is 34.6. The number of aromatic nitrogens is 2. The van der Waals surface area contributed by atoms with E-state index in [0.29, 0.717) is 22.7 Å². The summed E-state index contributed by atoms with van der Waals surface area (Å²) in [6, 6.07) is 18.8. The Morgan fingerprint density at radius 1 is 1.05 bits per heavy atom. The third-order valence-corrected chi connectivity index (χ3v) is 7.94. The predicted octanol–water partition coefficient (Wildman–Crippen LogP) is 6.54. The molecule has 7 nitrogen and oxygen atoms in total. The molecule has 0 saturated carbocycles. The molecule has 1 aliphatic rings. The molecule has 1 aliphatic heterocycles. The maximum Gasteiger partial charge on any atom is 0.250 e. The van der Waals surface area contributed by atoms with Gasteiger partial charge in [0.05, 0.1) is 30.2 Å². The molecule has 1 atom stereocenters. The van der Waals surface area contributed by atoms with Crippen molar-refractivity contribution >= 4 is 50.6 Å². The Morgan fingerprint density at radius 3 is 2.52 bits per heavy atom. The number of nitrogens with zero attached hydrogens (tertiary/aromatic N) is 3. The minimum atomic E-state index is -1.69. The number of nitrogens with two attached hydrogens (primary N) is 1. The third kappa shape index (κ3) is 3.59. The second-order valence-corrected chi connectivity index (χ2v) is 10.3. The Labute approximate surface area is 231 Å². The smallest absolute Gasteiger partial charge is 0.250 e. The summed E-state index contributed by atoms with van der Waals surface area (Å²) >= 11 is 0. The molecule has 0 aliphatic carbocycles. The topological polar surface area (TPSA) is 90.5 Å². The van der Waals surface area contributed by atoms with E-state index in [1.165, 1.54) is 36.3 Å². The Hall–Kier alpha value is -4.72. The highest BCUT2D eigenvalue weighted by Crippen LogP contribution is 2.52. The lowest BCUT2D eigenvalue weighted by molar-refractivity contribution is -0.120. The quantitative estimate of drug-likeness (QED) is 0.145. The van der Waals surface area contributed by atoms with Crippen LogP contribution in [-0.4, -0.2) is 28.4 Å². The van der Waals surface area contributed by atoms with Gasteiger partial charge in [0.2, 0.25) is 11.7 Å². The minimum absolute atomic E-state index is 0.163. The number of ketones is 1. The molecular weight excluding hydrogens is 507 g/mol. The van der Waals surface area contributed by atoms with Crippen molar-refractivity contribution in [3.8, 4) is 5.75 Å². The van der Waals surface area contributed by atoms with Crippen LogP contribution in [0.5, 0.6) is 5.75 Å². The van der Waals surface area contributed by atoms with Crippen LogP contribution in [0.3, 0.4) is 0 Å². The lowest BCUT2D eigenvalue weighted by Crippen LogP contribution is -2.43. The molecule has 8 heteroatoms. The van der Waals surface area contributed by atoms with Gasteiger partial charge in [-0.3, -0.25) is 19.5 Å². The van der Waals surface area contributed by atoms with Gasteiger partial charge < -0.3 is 15.0 Å². The van der Waals surface area contributed by atoms with Crippen LogP contribution in [0.4, 0.5) is 21.5 Å². The number of rotatable bonds is 7.